The van der Waals surface area contributed by atoms with Gasteiger partial charge in [-0.15, -0.1) is 0 Å². The van der Waals surface area contributed by atoms with Gasteiger partial charge in [-0.1, -0.05) is 30.0 Å². The van der Waals surface area contributed by atoms with E-state index in [0.717, 1.165) is 47.5 Å². The predicted molar refractivity (Wildman–Crippen MR) is 134 cm³/mol. The van der Waals surface area contributed by atoms with Gasteiger partial charge in [0.25, 0.3) is 5.91 Å². The molecule has 5 rings (SSSR count). The molecule has 174 valence electrons. The number of nitrogens with zero attached hydrogens (tertiary/aromatic N) is 4. The zero-order valence-electron chi connectivity index (χ0n) is 19.0. The molecule has 1 amide bonds. The summed E-state index contributed by atoms with van der Waals surface area (Å²) in [6.45, 7) is 2.98. The van der Waals surface area contributed by atoms with Crippen LogP contribution < -0.4 is 9.64 Å². The maximum absolute atomic E-state index is 13.6. The molecule has 1 saturated heterocycles. The maximum Gasteiger partial charge on any atom is 0.289 e. The van der Waals surface area contributed by atoms with Crippen molar-refractivity contribution in [3.63, 3.8) is 0 Å². The van der Waals surface area contributed by atoms with Crippen LogP contribution in [0.2, 0.25) is 0 Å². The van der Waals surface area contributed by atoms with Crippen LogP contribution in [-0.4, -0.2) is 54.1 Å². The van der Waals surface area contributed by atoms with E-state index in [4.69, 9.17) is 9.15 Å². The number of rotatable bonds is 6. The SMILES string of the molecule is COc1ccc(N2CCCN(C(=O)c3oc4ccccc4c3CSc3ncccn3)CC2)cc1. The number of ether oxygens (including phenoxy) is 1. The van der Waals surface area contributed by atoms with E-state index in [1.807, 2.05) is 41.3 Å². The molecule has 1 aliphatic rings. The van der Waals surface area contributed by atoms with E-state index in [9.17, 15) is 4.79 Å². The fraction of sp³-hybridized carbons (Fsp3) is 0.269. The first-order valence-electron chi connectivity index (χ1n) is 11.3. The van der Waals surface area contributed by atoms with Crippen LogP contribution in [0, 0.1) is 0 Å². The third kappa shape index (κ3) is 4.72. The lowest BCUT2D eigenvalue weighted by Gasteiger charge is -2.23. The van der Waals surface area contributed by atoms with Gasteiger partial charge in [0.05, 0.1) is 7.11 Å². The lowest BCUT2D eigenvalue weighted by Crippen LogP contribution is -2.35. The highest BCUT2D eigenvalue weighted by Crippen LogP contribution is 2.32. The molecule has 4 aromatic rings. The Bertz CT molecular complexity index is 1260. The molecule has 2 aromatic heterocycles. The Kier molecular flexibility index (Phi) is 6.67. The van der Waals surface area contributed by atoms with Crippen LogP contribution in [0.1, 0.15) is 22.5 Å². The van der Waals surface area contributed by atoms with E-state index < -0.39 is 0 Å². The van der Waals surface area contributed by atoms with Crippen LogP contribution in [-0.2, 0) is 5.75 Å². The average Bonchev–Trinajstić information content (AvgIpc) is 3.08. The molecule has 2 aromatic carbocycles. The molecule has 0 atom stereocenters. The summed E-state index contributed by atoms with van der Waals surface area (Å²) in [5, 5.41) is 1.64. The summed E-state index contributed by atoms with van der Waals surface area (Å²) < 4.78 is 11.4. The molecular formula is C26H26N4O3S. The van der Waals surface area contributed by atoms with Gasteiger partial charge < -0.3 is 19.0 Å². The standard InChI is InChI=1S/C26H26N4O3S/c1-32-20-10-8-19(9-11-20)29-14-5-15-30(17-16-29)25(31)24-22(18-34-26-27-12-4-13-28-26)21-6-2-3-7-23(21)33-24/h2-4,6-13H,5,14-18H2,1H3. The summed E-state index contributed by atoms with van der Waals surface area (Å²) in [5.74, 6) is 1.76. The minimum atomic E-state index is -0.0580. The molecule has 1 aliphatic heterocycles. The molecule has 0 N–H and O–H groups in total. The van der Waals surface area contributed by atoms with Crippen LogP contribution in [0.5, 0.6) is 5.75 Å². The number of hydrogen-bond acceptors (Lipinski definition) is 7. The van der Waals surface area contributed by atoms with E-state index in [-0.39, 0.29) is 5.91 Å². The van der Waals surface area contributed by atoms with E-state index in [1.54, 1.807) is 25.6 Å². The van der Waals surface area contributed by atoms with Gasteiger partial charge in [-0.05, 0) is 42.8 Å². The first-order chi connectivity index (χ1) is 16.7. The number of thioether (sulfide) groups is 1. The van der Waals surface area contributed by atoms with Crippen molar-refractivity contribution in [2.45, 2.75) is 17.3 Å². The number of furan rings is 1. The average molecular weight is 475 g/mol. The summed E-state index contributed by atoms with van der Waals surface area (Å²) in [5.41, 5.74) is 2.76. The minimum Gasteiger partial charge on any atom is -0.497 e. The molecule has 8 heteroatoms. The van der Waals surface area contributed by atoms with Crippen LogP contribution in [0.3, 0.4) is 0 Å². The van der Waals surface area contributed by atoms with E-state index >= 15 is 0 Å². The Hall–Kier alpha value is -3.52. The highest BCUT2D eigenvalue weighted by Gasteiger charge is 2.27. The zero-order valence-corrected chi connectivity index (χ0v) is 19.8. The highest BCUT2D eigenvalue weighted by atomic mass is 32.2. The summed E-state index contributed by atoms with van der Waals surface area (Å²) in [6, 6.07) is 17.7. The third-order valence-corrected chi connectivity index (χ3v) is 6.90. The first-order valence-corrected chi connectivity index (χ1v) is 12.3. The third-order valence-electron chi connectivity index (χ3n) is 6.00. The summed E-state index contributed by atoms with van der Waals surface area (Å²) in [7, 11) is 1.67. The van der Waals surface area contributed by atoms with Gasteiger partial charge >= 0.3 is 0 Å². The quantitative estimate of drug-likeness (QED) is 0.291. The number of fused-ring (bicyclic) bond motifs is 1. The number of anilines is 1. The summed E-state index contributed by atoms with van der Waals surface area (Å²) >= 11 is 1.50. The number of aromatic nitrogens is 2. The molecular weight excluding hydrogens is 448 g/mol. The van der Waals surface area contributed by atoms with Crippen LogP contribution in [0.4, 0.5) is 5.69 Å². The van der Waals surface area contributed by atoms with Crippen LogP contribution in [0.15, 0.2) is 76.6 Å². The van der Waals surface area contributed by atoms with E-state index in [0.29, 0.717) is 29.8 Å². The Labute approximate surface area is 202 Å². The fourth-order valence-corrected chi connectivity index (χ4v) is 5.06. The zero-order chi connectivity index (χ0) is 23.3. The molecule has 1 fully saturated rings. The summed E-state index contributed by atoms with van der Waals surface area (Å²) in [6.07, 6.45) is 4.33. The van der Waals surface area contributed by atoms with Gasteiger partial charge in [0, 0.05) is 61.0 Å². The van der Waals surface area contributed by atoms with Crippen molar-refractivity contribution >= 4 is 34.3 Å². The van der Waals surface area contributed by atoms with Crippen molar-refractivity contribution in [3.8, 4) is 5.75 Å². The number of carbonyl (C=O) groups excluding carboxylic acids is 1. The molecule has 0 saturated carbocycles. The van der Waals surface area contributed by atoms with Crippen molar-refractivity contribution in [1.29, 1.82) is 0 Å². The van der Waals surface area contributed by atoms with Crippen molar-refractivity contribution in [3.05, 3.63) is 78.3 Å². The topological polar surface area (TPSA) is 71.7 Å². The number of benzene rings is 2. The van der Waals surface area contributed by atoms with Crippen molar-refractivity contribution in [2.24, 2.45) is 0 Å². The van der Waals surface area contributed by atoms with Gasteiger partial charge in [0.1, 0.15) is 11.3 Å². The molecule has 0 aliphatic carbocycles. The van der Waals surface area contributed by atoms with Crippen LogP contribution in [0.25, 0.3) is 11.0 Å². The smallest absolute Gasteiger partial charge is 0.289 e. The number of amides is 1. The Morgan fingerprint density at radius 1 is 1.00 bits per heavy atom. The lowest BCUT2D eigenvalue weighted by atomic mass is 10.1. The molecule has 7 nitrogen and oxygen atoms in total. The molecule has 3 heterocycles. The van der Waals surface area contributed by atoms with Gasteiger partial charge in [0.15, 0.2) is 10.9 Å². The monoisotopic (exact) mass is 474 g/mol. The molecule has 0 unspecified atom stereocenters. The normalized spacial score (nSPS) is 14.3. The van der Waals surface area contributed by atoms with Crippen molar-refractivity contribution in [2.75, 3.05) is 38.2 Å². The van der Waals surface area contributed by atoms with Crippen LogP contribution >= 0.6 is 11.8 Å². The second kappa shape index (κ2) is 10.2. The van der Waals surface area contributed by atoms with Gasteiger partial charge in [-0.2, -0.15) is 0 Å². The maximum atomic E-state index is 13.6. The number of carbonyl (C=O) groups is 1. The van der Waals surface area contributed by atoms with Gasteiger partial charge in [-0.25, -0.2) is 9.97 Å². The molecule has 0 bridgehead atoms. The second-order valence-corrected chi connectivity index (χ2v) is 9.00. The predicted octanol–water partition coefficient (Wildman–Crippen LogP) is 4.88. The Balaban J connectivity index is 1.35. The fourth-order valence-electron chi connectivity index (χ4n) is 4.23. The largest absolute Gasteiger partial charge is 0.497 e. The Morgan fingerprint density at radius 3 is 2.59 bits per heavy atom. The lowest BCUT2D eigenvalue weighted by molar-refractivity contribution is 0.0736. The molecule has 0 spiro atoms. The minimum absolute atomic E-state index is 0.0580. The van der Waals surface area contributed by atoms with Crippen molar-refractivity contribution in [1.82, 2.24) is 14.9 Å². The van der Waals surface area contributed by atoms with Gasteiger partial charge in [-0.3, -0.25) is 4.79 Å². The number of hydrogen-bond donors (Lipinski definition) is 0. The number of methoxy groups -OCH3 is 1. The highest BCUT2D eigenvalue weighted by molar-refractivity contribution is 7.98. The van der Waals surface area contributed by atoms with E-state index in [2.05, 4.69) is 27.0 Å². The number of para-hydroxylation sites is 1. The van der Waals surface area contributed by atoms with Crippen molar-refractivity contribution < 1.29 is 13.9 Å². The molecule has 0 radical (unpaired) electrons. The molecule has 34 heavy (non-hydrogen) atoms. The van der Waals surface area contributed by atoms with E-state index in [1.165, 1.54) is 11.8 Å². The first kappa shape index (κ1) is 22.3. The Morgan fingerprint density at radius 2 is 1.79 bits per heavy atom. The van der Waals surface area contributed by atoms with Gasteiger partial charge in [0.2, 0.25) is 0 Å². The second-order valence-electron chi connectivity index (χ2n) is 8.06. The summed E-state index contributed by atoms with van der Waals surface area (Å²) in [4.78, 5) is 26.5.